The average molecular weight is 239 g/mol. The van der Waals surface area contributed by atoms with Crippen molar-refractivity contribution < 1.29 is 14.3 Å². The molecule has 0 fully saturated rings. The van der Waals surface area contributed by atoms with Gasteiger partial charge in [-0.3, -0.25) is 4.79 Å². The molecule has 0 unspecified atom stereocenters. The van der Waals surface area contributed by atoms with Crippen LogP contribution in [0.2, 0.25) is 0 Å². The minimum absolute atomic E-state index is 0.0830. The third-order valence-corrected chi connectivity index (χ3v) is 2.74. The fourth-order valence-electron chi connectivity index (χ4n) is 1.53. The highest BCUT2D eigenvalue weighted by Gasteiger charge is 2.15. The minimum atomic E-state index is -0.0830. The maximum Gasteiger partial charge on any atom is 0.231 e. The summed E-state index contributed by atoms with van der Waals surface area (Å²) in [6, 6.07) is 3.82. The Labute approximate surface area is 99.3 Å². The second-order valence-electron chi connectivity index (χ2n) is 3.57. The molecule has 1 aromatic carbocycles. The van der Waals surface area contributed by atoms with E-state index in [0.717, 1.165) is 22.6 Å². The van der Waals surface area contributed by atoms with Crippen LogP contribution in [0, 0.1) is 6.92 Å². The monoisotopic (exact) mass is 239 g/mol. The number of hydrogen-bond acceptors (Lipinski definition) is 4. The first-order valence-corrected chi connectivity index (χ1v) is 5.60. The number of carbonyl (C=O) groups excluding carboxylic acids is 1. The van der Waals surface area contributed by atoms with E-state index >= 15 is 0 Å². The van der Waals surface area contributed by atoms with Gasteiger partial charge in [0.05, 0.1) is 5.75 Å². The fourth-order valence-corrected chi connectivity index (χ4v) is 1.64. The van der Waals surface area contributed by atoms with E-state index in [9.17, 15) is 4.79 Å². The van der Waals surface area contributed by atoms with Crippen LogP contribution in [0.1, 0.15) is 11.1 Å². The second kappa shape index (κ2) is 4.65. The number of benzene rings is 1. The van der Waals surface area contributed by atoms with Crippen LogP contribution >= 0.6 is 12.6 Å². The first kappa shape index (κ1) is 11.1. The second-order valence-corrected chi connectivity index (χ2v) is 3.88. The largest absolute Gasteiger partial charge is 0.454 e. The van der Waals surface area contributed by atoms with Gasteiger partial charge < -0.3 is 14.8 Å². The number of carbonyl (C=O) groups is 1. The Balaban J connectivity index is 2.12. The number of nitrogens with one attached hydrogen (secondary N) is 1. The molecule has 5 heteroatoms. The van der Waals surface area contributed by atoms with Gasteiger partial charge in [-0.2, -0.15) is 12.6 Å². The molecule has 86 valence electrons. The van der Waals surface area contributed by atoms with E-state index in [0.29, 0.717) is 6.54 Å². The molecule has 1 aromatic rings. The van der Waals surface area contributed by atoms with Gasteiger partial charge in [-0.25, -0.2) is 0 Å². The Morgan fingerprint density at radius 3 is 2.81 bits per heavy atom. The molecule has 1 N–H and O–H groups in total. The molecule has 0 atom stereocenters. The Morgan fingerprint density at radius 1 is 1.44 bits per heavy atom. The summed E-state index contributed by atoms with van der Waals surface area (Å²) in [5, 5.41) is 2.77. The summed E-state index contributed by atoms with van der Waals surface area (Å²) >= 11 is 3.90. The van der Waals surface area contributed by atoms with Crippen LogP contribution in [-0.2, 0) is 11.3 Å². The smallest absolute Gasteiger partial charge is 0.231 e. The van der Waals surface area contributed by atoms with Crippen molar-refractivity contribution in [2.75, 3.05) is 12.5 Å². The Kier molecular flexibility index (Phi) is 3.24. The SMILES string of the molecule is Cc1cc2c(cc1CNC(=O)CS)OCO2. The normalized spacial score (nSPS) is 12.6. The molecule has 1 amide bonds. The highest BCUT2D eigenvalue weighted by atomic mass is 32.1. The van der Waals surface area contributed by atoms with Gasteiger partial charge in [-0.05, 0) is 30.2 Å². The van der Waals surface area contributed by atoms with Crippen LogP contribution < -0.4 is 14.8 Å². The van der Waals surface area contributed by atoms with Gasteiger partial charge in [0.25, 0.3) is 0 Å². The van der Waals surface area contributed by atoms with E-state index in [-0.39, 0.29) is 18.5 Å². The van der Waals surface area contributed by atoms with Crippen LogP contribution in [0.15, 0.2) is 12.1 Å². The Morgan fingerprint density at radius 2 is 2.12 bits per heavy atom. The first-order valence-electron chi connectivity index (χ1n) is 4.97. The predicted molar refractivity (Wildman–Crippen MR) is 63.0 cm³/mol. The lowest BCUT2D eigenvalue weighted by Gasteiger charge is -2.08. The van der Waals surface area contributed by atoms with Gasteiger partial charge in [0.2, 0.25) is 12.7 Å². The summed E-state index contributed by atoms with van der Waals surface area (Å²) in [6.45, 7) is 2.73. The Bertz CT molecular complexity index is 420. The minimum Gasteiger partial charge on any atom is -0.454 e. The van der Waals surface area contributed by atoms with Gasteiger partial charge in [-0.1, -0.05) is 0 Å². The molecule has 0 saturated heterocycles. The molecule has 4 nitrogen and oxygen atoms in total. The van der Waals surface area contributed by atoms with Crippen molar-refractivity contribution in [2.24, 2.45) is 0 Å². The van der Waals surface area contributed by atoms with E-state index < -0.39 is 0 Å². The van der Waals surface area contributed by atoms with Crippen LogP contribution in [0.4, 0.5) is 0 Å². The molecule has 1 heterocycles. The lowest BCUT2D eigenvalue weighted by molar-refractivity contribution is -0.118. The average Bonchev–Trinajstić information content (AvgIpc) is 2.72. The zero-order valence-electron chi connectivity index (χ0n) is 8.95. The van der Waals surface area contributed by atoms with Crippen LogP contribution in [0.3, 0.4) is 0 Å². The van der Waals surface area contributed by atoms with Crippen LogP contribution in [-0.4, -0.2) is 18.5 Å². The summed E-state index contributed by atoms with van der Waals surface area (Å²) in [7, 11) is 0. The molecule has 16 heavy (non-hydrogen) atoms. The molecule has 0 bridgehead atoms. The van der Waals surface area contributed by atoms with Crippen molar-refractivity contribution in [2.45, 2.75) is 13.5 Å². The molecule has 0 radical (unpaired) electrons. The maximum absolute atomic E-state index is 11.1. The van der Waals surface area contributed by atoms with Gasteiger partial charge in [0.15, 0.2) is 11.5 Å². The summed E-state index contributed by atoms with van der Waals surface area (Å²) < 4.78 is 10.5. The molecule has 1 aliphatic heterocycles. The maximum atomic E-state index is 11.1. The number of amides is 1. The van der Waals surface area contributed by atoms with Gasteiger partial charge >= 0.3 is 0 Å². The number of rotatable bonds is 3. The number of fused-ring (bicyclic) bond motifs is 1. The number of aryl methyl sites for hydroxylation is 1. The molecule has 0 saturated carbocycles. The van der Waals surface area contributed by atoms with E-state index in [1.165, 1.54) is 0 Å². The Hall–Kier alpha value is -1.36. The van der Waals surface area contributed by atoms with Crippen molar-refractivity contribution in [3.63, 3.8) is 0 Å². The summed E-state index contributed by atoms with van der Waals surface area (Å²) in [5.74, 6) is 1.62. The molecule has 0 aromatic heterocycles. The third kappa shape index (κ3) is 2.24. The molecule has 2 rings (SSSR count). The van der Waals surface area contributed by atoms with Crippen molar-refractivity contribution in [1.29, 1.82) is 0 Å². The molecule has 1 aliphatic rings. The highest BCUT2D eigenvalue weighted by Crippen LogP contribution is 2.34. The van der Waals surface area contributed by atoms with Crippen molar-refractivity contribution in [3.8, 4) is 11.5 Å². The number of ether oxygens (including phenoxy) is 2. The summed E-state index contributed by atoms with van der Waals surface area (Å²) in [5.41, 5.74) is 2.10. The van der Waals surface area contributed by atoms with Gasteiger partial charge in [-0.15, -0.1) is 0 Å². The zero-order valence-corrected chi connectivity index (χ0v) is 9.84. The highest BCUT2D eigenvalue weighted by molar-refractivity contribution is 7.81. The number of hydrogen-bond donors (Lipinski definition) is 2. The number of thiol groups is 1. The van der Waals surface area contributed by atoms with Gasteiger partial charge in [0, 0.05) is 6.54 Å². The topological polar surface area (TPSA) is 47.6 Å². The molecular weight excluding hydrogens is 226 g/mol. The van der Waals surface area contributed by atoms with Gasteiger partial charge in [0.1, 0.15) is 0 Å². The molecule has 0 aliphatic carbocycles. The van der Waals surface area contributed by atoms with Crippen molar-refractivity contribution >= 4 is 18.5 Å². The molecular formula is C11H13NO3S. The van der Waals surface area contributed by atoms with E-state index in [4.69, 9.17) is 9.47 Å². The van der Waals surface area contributed by atoms with Crippen LogP contribution in [0.5, 0.6) is 11.5 Å². The summed E-state index contributed by atoms with van der Waals surface area (Å²) in [6.07, 6.45) is 0. The van der Waals surface area contributed by atoms with E-state index in [1.807, 2.05) is 19.1 Å². The predicted octanol–water partition coefficient (Wildman–Crippen LogP) is 1.27. The van der Waals surface area contributed by atoms with Crippen molar-refractivity contribution in [3.05, 3.63) is 23.3 Å². The standard InChI is InChI=1S/C11H13NO3S/c1-7-2-9-10(15-6-14-9)3-8(7)4-12-11(13)5-16/h2-3,16H,4-6H2,1H3,(H,12,13). The fraction of sp³-hybridized carbons (Fsp3) is 0.364. The van der Waals surface area contributed by atoms with Crippen molar-refractivity contribution in [1.82, 2.24) is 5.32 Å². The first-order chi connectivity index (χ1) is 7.70. The quantitative estimate of drug-likeness (QED) is 0.781. The van der Waals surface area contributed by atoms with E-state index in [1.54, 1.807) is 0 Å². The zero-order chi connectivity index (χ0) is 11.5. The summed E-state index contributed by atoms with van der Waals surface area (Å²) in [4.78, 5) is 11.1. The lowest BCUT2D eigenvalue weighted by Crippen LogP contribution is -2.24. The molecule has 0 spiro atoms. The third-order valence-electron chi connectivity index (χ3n) is 2.45. The van der Waals surface area contributed by atoms with E-state index in [2.05, 4.69) is 17.9 Å². The lowest BCUT2D eigenvalue weighted by atomic mass is 10.1. The van der Waals surface area contributed by atoms with Crippen LogP contribution in [0.25, 0.3) is 0 Å².